The van der Waals surface area contributed by atoms with Crippen LogP contribution in [0.3, 0.4) is 0 Å². The van der Waals surface area contributed by atoms with Crippen molar-refractivity contribution in [3.63, 3.8) is 0 Å². The first kappa shape index (κ1) is 12.3. The molecule has 1 heterocycles. The first-order valence-electron chi connectivity index (χ1n) is 6.20. The minimum atomic E-state index is 0.758. The second kappa shape index (κ2) is 5.10. The van der Waals surface area contributed by atoms with E-state index in [1.165, 1.54) is 16.5 Å². The molecule has 0 unspecified atom stereocenters. The maximum absolute atomic E-state index is 5.54. The van der Waals surface area contributed by atoms with Crippen molar-refractivity contribution in [3.8, 4) is 0 Å². The van der Waals surface area contributed by atoms with E-state index >= 15 is 0 Å². The molecule has 0 saturated heterocycles. The lowest BCUT2D eigenvalue weighted by Gasteiger charge is -2.09. The highest BCUT2D eigenvalue weighted by molar-refractivity contribution is 9.10. The zero-order chi connectivity index (χ0) is 13.2. The van der Waals surface area contributed by atoms with E-state index in [-0.39, 0.29) is 0 Å². The lowest BCUT2D eigenvalue weighted by molar-refractivity contribution is 0.611. The lowest BCUT2D eigenvalue weighted by atomic mass is 10.1. The number of benzene rings is 2. The molecule has 3 heteroatoms. The molecule has 3 aromatic rings. The van der Waals surface area contributed by atoms with Gasteiger partial charge in [-0.15, -0.1) is 0 Å². The number of halogens is 1. The predicted molar refractivity (Wildman–Crippen MR) is 82.4 cm³/mol. The summed E-state index contributed by atoms with van der Waals surface area (Å²) in [7, 11) is 0. The fraction of sp³-hybridized carbons (Fsp3) is 0.125. The quantitative estimate of drug-likeness (QED) is 0.726. The van der Waals surface area contributed by atoms with E-state index < -0.39 is 0 Å². The Morgan fingerprint density at radius 3 is 2.84 bits per heavy atom. The Morgan fingerprint density at radius 1 is 1.11 bits per heavy atom. The molecule has 2 aromatic carbocycles. The molecule has 0 atom stereocenters. The van der Waals surface area contributed by atoms with E-state index in [4.69, 9.17) is 4.42 Å². The van der Waals surface area contributed by atoms with E-state index in [9.17, 15) is 0 Å². The average molecular weight is 316 g/mol. The van der Waals surface area contributed by atoms with Gasteiger partial charge in [-0.05, 0) is 30.7 Å². The van der Waals surface area contributed by atoms with E-state index in [1.807, 2.05) is 36.6 Å². The van der Waals surface area contributed by atoms with Crippen LogP contribution in [-0.4, -0.2) is 0 Å². The van der Waals surface area contributed by atoms with Gasteiger partial charge in [-0.3, -0.25) is 0 Å². The van der Waals surface area contributed by atoms with Gasteiger partial charge in [-0.25, -0.2) is 0 Å². The third-order valence-electron chi connectivity index (χ3n) is 3.30. The van der Waals surface area contributed by atoms with Gasteiger partial charge in [0.2, 0.25) is 0 Å². The Bertz CT molecular complexity index is 718. The highest BCUT2D eigenvalue weighted by Gasteiger charge is 2.06. The van der Waals surface area contributed by atoms with Crippen molar-refractivity contribution in [2.24, 2.45) is 0 Å². The summed E-state index contributed by atoms with van der Waals surface area (Å²) < 4.78 is 6.66. The van der Waals surface area contributed by atoms with Gasteiger partial charge in [0, 0.05) is 27.7 Å². The summed E-state index contributed by atoms with van der Waals surface area (Å²) in [5.74, 6) is 0. The maximum Gasteiger partial charge on any atom is 0.134 e. The first-order valence-corrected chi connectivity index (χ1v) is 6.99. The molecule has 19 heavy (non-hydrogen) atoms. The highest BCUT2D eigenvalue weighted by atomic mass is 79.9. The SMILES string of the molecule is Cc1c(Br)cccc1NCc1coc2ccccc12. The molecule has 0 radical (unpaired) electrons. The molecule has 0 aliphatic heterocycles. The summed E-state index contributed by atoms with van der Waals surface area (Å²) >= 11 is 3.55. The van der Waals surface area contributed by atoms with E-state index in [2.05, 4.69) is 40.3 Å². The van der Waals surface area contributed by atoms with Crippen LogP contribution < -0.4 is 5.32 Å². The van der Waals surface area contributed by atoms with Crippen molar-refractivity contribution in [1.82, 2.24) is 0 Å². The van der Waals surface area contributed by atoms with Gasteiger partial charge in [0.1, 0.15) is 5.58 Å². The molecule has 0 amide bonds. The summed E-state index contributed by atoms with van der Waals surface area (Å²) in [6.45, 7) is 2.86. The van der Waals surface area contributed by atoms with Crippen molar-refractivity contribution >= 4 is 32.6 Å². The summed E-state index contributed by atoms with van der Waals surface area (Å²) in [5, 5.41) is 4.63. The highest BCUT2D eigenvalue weighted by Crippen LogP contribution is 2.25. The molecule has 0 aliphatic carbocycles. The normalized spacial score (nSPS) is 10.8. The molecule has 0 saturated carbocycles. The van der Waals surface area contributed by atoms with Crippen LogP contribution in [0.5, 0.6) is 0 Å². The number of nitrogens with one attached hydrogen (secondary N) is 1. The maximum atomic E-state index is 5.54. The summed E-state index contributed by atoms with van der Waals surface area (Å²) in [6, 6.07) is 14.3. The number of furan rings is 1. The van der Waals surface area contributed by atoms with Gasteiger partial charge >= 0.3 is 0 Å². The molecular weight excluding hydrogens is 302 g/mol. The Kier molecular flexibility index (Phi) is 3.30. The van der Waals surface area contributed by atoms with Crippen LogP contribution in [0.25, 0.3) is 11.0 Å². The van der Waals surface area contributed by atoms with Crippen molar-refractivity contribution in [2.45, 2.75) is 13.5 Å². The number of anilines is 1. The van der Waals surface area contributed by atoms with Crippen molar-refractivity contribution < 1.29 is 4.42 Å². The molecule has 1 N–H and O–H groups in total. The Hall–Kier alpha value is -1.74. The summed E-state index contributed by atoms with van der Waals surface area (Å²) in [4.78, 5) is 0. The summed E-state index contributed by atoms with van der Waals surface area (Å²) in [6.07, 6.45) is 1.82. The molecular formula is C16H14BrNO. The van der Waals surface area contributed by atoms with Crippen LogP contribution in [0.1, 0.15) is 11.1 Å². The second-order valence-electron chi connectivity index (χ2n) is 4.52. The van der Waals surface area contributed by atoms with Gasteiger partial charge in [0.25, 0.3) is 0 Å². The Balaban J connectivity index is 1.84. The molecule has 0 fully saturated rings. The van der Waals surface area contributed by atoms with E-state index in [0.29, 0.717) is 0 Å². The molecule has 0 aliphatic rings. The molecule has 0 spiro atoms. The second-order valence-corrected chi connectivity index (χ2v) is 5.38. The van der Waals surface area contributed by atoms with Crippen LogP contribution >= 0.6 is 15.9 Å². The molecule has 96 valence electrons. The smallest absolute Gasteiger partial charge is 0.134 e. The largest absolute Gasteiger partial charge is 0.464 e. The van der Waals surface area contributed by atoms with Crippen LogP contribution in [-0.2, 0) is 6.54 Å². The van der Waals surface area contributed by atoms with Crippen molar-refractivity contribution in [2.75, 3.05) is 5.32 Å². The lowest BCUT2D eigenvalue weighted by Crippen LogP contribution is -2.00. The molecule has 3 rings (SSSR count). The first-order chi connectivity index (χ1) is 9.25. The molecule has 1 aromatic heterocycles. The minimum Gasteiger partial charge on any atom is -0.464 e. The number of para-hydroxylation sites is 1. The van der Waals surface area contributed by atoms with Gasteiger partial charge in [0.15, 0.2) is 0 Å². The Morgan fingerprint density at radius 2 is 1.95 bits per heavy atom. The third kappa shape index (κ3) is 2.38. The van der Waals surface area contributed by atoms with Crippen LogP contribution in [0.2, 0.25) is 0 Å². The van der Waals surface area contributed by atoms with Gasteiger partial charge in [0.05, 0.1) is 6.26 Å². The number of hydrogen-bond acceptors (Lipinski definition) is 2. The predicted octanol–water partition coefficient (Wildman–Crippen LogP) is 5.12. The third-order valence-corrected chi connectivity index (χ3v) is 4.16. The molecule has 0 bridgehead atoms. The van der Waals surface area contributed by atoms with Crippen molar-refractivity contribution in [1.29, 1.82) is 0 Å². The van der Waals surface area contributed by atoms with Gasteiger partial charge in [-0.1, -0.05) is 40.2 Å². The van der Waals surface area contributed by atoms with Crippen LogP contribution in [0.4, 0.5) is 5.69 Å². The zero-order valence-corrected chi connectivity index (χ0v) is 12.2. The van der Waals surface area contributed by atoms with Gasteiger partial charge in [-0.2, -0.15) is 0 Å². The van der Waals surface area contributed by atoms with Gasteiger partial charge < -0.3 is 9.73 Å². The van der Waals surface area contributed by atoms with E-state index in [1.54, 1.807) is 0 Å². The fourth-order valence-corrected chi connectivity index (χ4v) is 2.53. The number of rotatable bonds is 3. The topological polar surface area (TPSA) is 25.2 Å². The van der Waals surface area contributed by atoms with E-state index in [0.717, 1.165) is 22.3 Å². The number of hydrogen-bond donors (Lipinski definition) is 1. The average Bonchev–Trinajstić information content (AvgIpc) is 2.84. The van der Waals surface area contributed by atoms with Crippen LogP contribution in [0, 0.1) is 6.92 Å². The molecule has 2 nitrogen and oxygen atoms in total. The fourth-order valence-electron chi connectivity index (χ4n) is 2.16. The Labute approximate surface area is 120 Å². The zero-order valence-electron chi connectivity index (χ0n) is 10.6. The number of fused-ring (bicyclic) bond motifs is 1. The monoisotopic (exact) mass is 315 g/mol. The van der Waals surface area contributed by atoms with Crippen LogP contribution in [0.15, 0.2) is 57.6 Å². The minimum absolute atomic E-state index is 0.758. The standard InChI is InChI=1S/C16H14BrNO/c1-11-14(17)6-4-7-15(11)18-9-12-10-19-16-8-3-2-5-13(12)16/h2-8,10,18H,9H2,1H3. The van der Waals surface area contributed by atoms with Crippen molar-refractivity contribution in [3.05, 3.63) is 64.3 Å². The summed E-state index contributed by atoms with van der Waals surface area (Å²) in [5.41, 5.74) is 4.47.